The Kier molecular flexibility index (Phi) is 4.07. The standard InChI is InChI=1S/C13H19NO2/c1-4-13(14,12(15)16-5-2)11-8-6-10(3)7-9-11/h6-9H,4-5,14H2,1-3H3. The fourth-order valence-electron chi connectivity index (χ4n) is 1.58. The molecule has 0 aromatic heterocycles. The van der Waals surface area contributed by atoms with E-state index in [4.69, 9.17) is 10.5 Å². The van der Waals surface area contributed by atoms with Crippen LogP contribution in [0.5, 0.6) is 0 Å². The Morgan fingerprint density at radius 3 is 2.31 bits per heavy atom. The number of aryl methyl sites for hydroxylation is 1. The van der Waals surface area contributed by atoms with Crippen molar-refractivity contribution < 1.29 is 9.53 Å². The van der Waals surface area contributed by atoms with Crippen LogP contribution >= 0.6 is 0 Å². The van der Waals surface area contributed by atoms with Crippen molar-refractivity contribution >= 4 is 5.97 Å². The minimum atomic E-state index is -1.02. The summed E-state index contributed by atoms with van der Waals surface area (Å²) in [7, 11) is 0. The van der Waals surface area contributed by atoms with E-state index in [1.165, 1.54) is 0 Å². The van der Waals surface area contributed by atoms with Gasteiger partial charge in [0.15, 0.2) is 0 Å². The summed E-state index contributed by atoms with van der Waals surface area (Å²) in [4.78, 5) is 11.8. The van der Waals surface area contributed by atoms with Crippen molar-refractivity contribution in [1.29, 1.82) is 0 Å². The van der Waals surface area contributed by atoms with Gasteiger partial charge in [0, 0.05) is 0 Å². The van der Waals surface area contributed by atoms with Crippen LogP contribution in [0.3, 0.4) is 0 Å². The number of ether oxygens (including phenoxy) is 1. The summed E-state index contributed by atoms with van der Waals surface area (Å²) in [5.74, 6) is -0.360. The van der Waals surface area contributed by atoms with Gasteiger partial charge in [0.05, 0.1) is 6.61 Å². The lowest BCUT2D eigenvalue weighted by Gasteiger charge is -2.26. The summed E-state index contributed by atoms with van der Waals surface area (Å²) in [5, 5.41) is 0. The molecule has 1 unspecified atom stereocenters. The minimum absolute atomic E-state index is 0.351. The molecular weight excluding hydrogens is 202 g/mol. The van der Waals surface area contributed by atoms with Crippen molar-refractivity contribution in [3.05, 3.63) is 35.4 Å². The molecule has 0 aliphatic heterocycles. The molecule has 88 valence electrons. The molecule has 0 aliphatic rings. The predicted octanol–water partition coefficient (Wildman–Crippen LogP) is 2.12. The highest BCUT2D eigenvalue weighted by molar-refractivity contribution is 5.82. The molecule has 0 radical (unpaired) electrons. The smallest absolute Gasteiger partial charge is 0.330 e. The van der Waals surface area contributed by atoms with Gasteiger partial charge in [-0.2, -0.15) is 0 Å². The molecule has 0 spiro atoms. The molecule has 0 saturated carbocycles. The highest BCUT2D eigenvalue weighted by Crippen LogP contribution is 2.24. The lowest BCUT2D eigenvalue weighted by Crippen LogP contribution is -2.45. The number of hydrogen-bond donors (Lipinski definition) is 1. The minimum Gasteiger partial charge on any atom is -0.464 e. The number of carbonyl (C=O) groups is 1. The van der Waals surface area contributed by atoms with E-state index in [1.54, 1.807) is 6.92 Å². The number of hydrogen-bond acceptors (Lipinski definition) is 3. The van der Waals surface area contributed by atoms with Crippen molar-refractivity contribution in [3.8, 4) is 0 Å². The molecule has 1 rings (SSSR count). The summed E-state index contributed by atoms with van der Waals surface area (Å²) in [6.07, 6.45) is 0.523. The van der Waals surface area contributed by atoms with Crippen molar-refractivity contribution in [2.24, 2.45) is 5.73 Å². The Morgan fingerprint density at radius 1 is 1.31 bits per heavy atom. The normalized spacial score (nSPS) is 14.2. The molecule has 0 aliphatic carbocycles. The second-order valence-electron chi connectivity index (χ2n) is 3.91. The van der Waals surface area contributed by atoms with Gasteiger partial charge in [-0.25, -0.2) is 4.79 Å². The molecule has 0 bridgehead atoms. The van der Waals surface area contributed by atoms with E-state index in [2.05, 4.69) is 0 Å². The first-order chi connectivity index (χ1) is 7.54. The van der Waals surface area contributed by atoms with E-state index >= 15 is 0 Å². The highest BCUT2D eigenvalue weighted by Gasteiger charge is 2.35. The average molecular weight is 221 g/mol. The van der Waals surface area contributed by atoms with Crippen molar-refractivity contribution in [1.82, 2.24) is 0 Å². The molecule has 16 heavy (non-hydrogen) atoms. The summed E-state index contributed by atoms with van der Waals surface area (Å²) in [6.45, 7) is 6.02. The third kappa shape index (κ3) is 2.42. The molecule has 0 amide bonds. The summed E-state index contributed by atoms with van der Waals surface area (Å²) < 4.78 is 5.02. The van der Waals surface area contributed by atoms with Crippen LogP contribution in [0, 0.1) is 6.92 Å². The van der Waals surface area contributed by atoms with Crippen molar-refractivity contribution in [2.45, 2.75) is 32.7 Å². The Bertz CT molecular complexity index is 359. The maximum Gasteiger partial charge on any atom is 0.330 e. The third-order valence-corrected chi connectivity index (χ3v) is 2.76. The first kappa shape index (κ1) is 12.7. The van der Waals surface area contributed by atoms with Crippen molar-refractivity contribution in [3.63, 3.8) is 0 Å². The van der Waals surface area contributed by atoms with Crippen LogP contribution in [0.15, 0.2) is 24.3 Å². The van der Waals surface area contributed by atoms with Gasteiger partial charge in [-0.15, -0.1) is 0 Å². The van der Waals surface area contributed by atoms with Crippen LogP contribution < -0.4 is 5.73 Å². The Labute approximate surface area is 96.6 Å². The van der Waals surface area contributed by atoms with E-state index in [0.29, 0.717) is 13.0 Å². The molecule has 2 N–H and O–H groups in total. The zero-order valence-corrected chi connectivity index (χ0v) is 10.1. The fourth-order valence-corrected chi connectivity index (χ4v) is 1.58. The summed E-state index contributed by atoms with van der Waals surface area (Å²) in [5.41, 5.74) is 7.05. The molecule has 0 fully saturated rings. The van der Waals surface area contributed by atoms with Gasteiger partial charge in [0.2, 0.25) is 0 Å². The van der Waals surface area contributed by atoms with Gasteiger partial charge < -0.3 is 10.5 Å². The number of esters is 1. The van der Waals surface area contributed by atoms with E-state index in [1.807, 2.05) is 38.1 Å². The zero-order valence-electron chi connectivity index (χ0n) is 10.1. The zero-order chi connectivity index (χ0) is 12.2. The number of nitrogens with two attached hydrogens (primary N) is 1. The molecule has 1 atom stereocenters. The van der Waals surface area contributed by atoms with Gasteiger partial charge in [0.1, 0.15) is 5.54 Å². The van der Waals surface area contributed by atoms with Gasteiger partial charge in [-0.3, -0.25) is 0 Å². The van der Waals surface area contributed by atoms with E-state index < -0.39 is 5.54 Å². The quantitative estimate of drug-likeness (QED) is 0.792. The summed E-state index contributed by atoms with van der Waals surface area (Å²) in [6, 6.07) is 7.67. The topological polar surface area (TPSA) is 52.3 Å². The van der Waals surface area contributed by atoms with E-state index in [9.17, 15) is 4.79 Å². The summed E-state index contributed by atoms with van der Waals surface area (Å²) >= 11 is 0. The first-order valence-electron chi connectivity index (χ1n) is 5.57. The van der Waals surface area contributed by atoms with Crippen LogP contribution in [-0.2, 0) is 15.1 Å². The molecule has 0 heterocycles. The number of carbonyl (C=O) groups excluding carboxylic acids is 1. The number of rotatable bonds is 4. The van der Waals surface area contributed by atoms with E-state index in [0.717, 1.165) is 11.1 Å². The van der Waals surface area contributed by atoms with Gasteiger partial charge >= 0.3 is 5.97 Å². The second kappa shape index (κ2) is 5.12. The lowest BCUT2D eigenvalue weighted by molar-refractivity contribution is -0.150. The van der Waals surface area contributed by atoms with Crippen LogP contribution in [0.2, 0.25) is 0 Å². The Morgan fingerprint density at radius 2 is 1.88 bits per heavy atom. The Balaban J connectivity index is 3.04. The molecule has 1 aromatic rings. The maximum absolute atomic E-state index is 11.8. The van der Waals surface area contributed by atoms with Crippen LogP contribution in [-0.4, -0.2) is 12.6 Å². The first-order valence-corrected chi connectivity index (χ1v) is 5.57. The second-order valence-corrected chi connectivity index (χ2v) is 3.91. The molecule has 3 heteroatoms. The van der Waals surface area contributed by atoms with Gasteiger partial charge in [0.25, 0.3) is 0 Å². The SMILES string of the molecule is CCOC(=O)C(N)(CC)c1ccc(C)cc1. The molecule has 3 nitrogen and oxygen atoms in total. The maximum atomic E-state index is 11.8. The van der Waals surface area contributed by atoms with Crippen LogP contribution in [0.4, 0.5) is 0 Å². The van der Waals surface area contributed by atoms with E-state index in [-0.39, 0.29) is 5.97 Å². The lowest BCUT2D eigenvalue weighted by atomic mass is 9.88. The van der Waals surface area contributed by atoms with Crippen LogP contribution in [0.1, 0.15) is 31.4 Å². The molecule has 0 saturated heterocycles. The average Bonchev–Trinajstić information content (AvgIpc) is 2.29. The third-order valence-electron chi connectivity index (χ3n) is 2.76. The van der Waals surface area contributed by atoms with Gasteiger partial charge in [-0.1, -0.05) is 36.8 Å². The predicted molar refractivity (Wildman–Crippen MR) is 64.0 cm³/mol. The van der Waals surface area contributed by atoms with Crippen LogP contribution in [0.25, 0.3) is 0 Å². The largest absolute Gasteiger partial charge is 0.464 e. The number of benzene rings is 1. The van der Waals surface area contributed by atoms with Crippen molar-refractivity contribution in [2.75, 3.05) is 6.61 Å². The monoisotopic (exact) mass is 221 g/mol. The Hall–Kier alpha value is -1.35. The fraction of sp³-hybridized carbons (Fsp3) is 0.462. The molecular formula is C13H19NO2. The van der Waals surface area contributed by atoms with Gasteiger partial charge in [-0.05, 0) is 25.8 Å². The highest BCUT2D eigenvalue weighted by atomic mass is 16.5. The molecule has 1 aromatic carbocycles.